The Kier molecular flexibility index (Phi) is 9.62. The second-order valence-corrected chi connectivity index (χ2v) is 11.2. The molecule has 1 N–H and O–H groups in total. The van der Waals surface area contributed by atoms with E-state index in [2.05, 4.69) is 19.7 Å². The zero-order valence-electron chi connectivity index (χ0n) is 23.3. The molecule has 3 heterocycles. The fraction of sp³-hybridized carbons (Fsp3) is 0.679. The average Bonchev–Trinajstić information content (AvgIpc) is 3.27. The van der Waals surface area contributed by atoms with Crippen LogP contribution in [0.5, 0.6) is 0 Å². The summed E-state index contributed by atoms with van der Waals surface area (Å²) in [6.07, 6.45) is 3.54. The lowest BCUT2D eigenvalue weighted by Crippen LogP contribution is -2.55. The first-order valence-corrected chi connectivity index (χ1v) is 13.9. The van der Waals surface area contributed by atoms with Crippen molar-refractivity contribution in [1.82, 2.24) is 24.6 Å². The van der Waals surface area contributed by atoms with Crippen molar-refractivity contribution < 1.29 is 18.7 Å². The van der Waals surface area contributed by atoms with Gasteiger partial charge in [-0.2, -0.15) is 0 Å². The second kappa shape index (κ2) is 12.9. The van der Waals surface area contributed by atoms with Gasteiger partial charge in [0.15, 0.2) is 5.58 Å². The third-order valence-electron chi connectivity index (χ3n) is 7.82. The van der Waals surface area contributed by atoms with Gasteiger partial charge in [0, 0.05) is 57.8 Å². The van der Waals surface area contributed by atoms with Gasteiger partial charge in [-0.3, -0.25) is 24.4 Å². The summed E-state index contributed by atoms with van der Waals surface area (Å²) in [6, 6.07) is 4.38. The molecule has 10 nitrogen and oxygen atoms in total. The van der Waals surface area contributed by atoms with Crippen molar-refractivity contribution in [3.63, 3.8) is 0 Å². The van der Waals surface area contributed by atoms with Gasteiger partial charge in [-0.1, -0.05) is 13.0 Å². The number of aryl methyl sites for hydroxylation is 1. The van der Waals surface area contributed by atoms with E-state index in [4.69, 9.17) is 9.15 Å². The molecule has 2 aliphatic heterocycles. The van der Waals surface area contributed by atoms with Crippen molar-refractivity contribution >= 4 is 23.0 Å². The van der Waals surface area contributed by atoms with E-state index in [1.165, 1.54) is 0 Å². The fourth-order valence-electron chi connectivity index (χ4n) is 5.71. The summed E-state index contributed by atoms with van der Waals surface area (Å²) in [7, 11) is 4.03. The normalized spacial score (nSPS) is 18.8. The highest BCUT2D eigenvalue weighted by Crippen LogP contribution is 2.22. The quantitative estimate of drug-likeness (QED) is 0.367. The molecule has 2 aromatic rings. The number of fused-ring (bicyclic) bond motifs is 1. The van der Waals surface area contributed by atoms with Crippen LogP contribution in [-0.2, 0) is 20.7 Å². The molecule has 0 bridgehead atoms. The SMILES string of the molecule is Cc1cc(C[C@@H](C)C(=O)N2CCN(C3CCN(CC(=O)OCCCN(C)C)CC3)CC2)cc2oc(=O)[nH]c12. The number of benzene rings is 1. The number of nitrogens with zero attached hydrogens (tertiary/aromatic N) is 4. The Hall–Kier alpha value is -2.69. The molecule has 1 amide bonds. The van der Waals surface area contributed by atoms with Crippen LogP contribution < -0.4 is 5.76 Å². The molecule has 2 fully saturated rings. The number of aromatic amines is 1. The number of hydrogen-bond donors (Lipinski definition) is 1. The van der Waals surface area contributed by atoms with Gasteiger partial charge in [0.05, 0.1) is 18.7 Å². The molecule has 210 valence electrons. The van der Waals surface area contributed by atoms with Gasteiger partial charge < -0.3 is 19.0 Å². The largest absolute Gasteiger partial charge is 0.465 e. The van der Waals surface area contributed by atoms with Crippen molar-refractivity contribution in [3.05, 3.63) is 33.8 Å². The third kappa shape index (κ3) is 7.45. The van der Waals surface area contributed by atoms with E-state index in [0.717, 1.165) is 81.7 Å². The maximum atomic E-state index is 13.2. The van der Waals surface area contributed by atoms with Crippen LogP contribution in [0, 0.1) is 12.8 Å². The smallest absolute Gasteiger partial charge is 0.417 e. The highest BCUT2D eigenvalue weighted by atomic mass is 16.5. The molecule has 0 radical (unpaired) electrons. The molecule has 4 rings (SSSR count). The maximum Gasteiger partial charge on any atom is 0.417 e. The number of amides is 1. The molecule has 10 heteroatoms. The standard InChI is InChI=1S/C28H43N5O5/c1-20-16-22(18-24-26(20)29-28(36)38-24)17-21(2)27(35)33-13-11-32(12-14-33)23-6-9-31(10-7-23)19-25(34)37-15-5-8-30(3)4/h16,18,21,23H,5-15,17,19H2,1-4H3,(H,29,36)/t21-/m1/s1. The number of hydrogen-bond acceptors (Lipinski definition) is 8. The number of likely N-dealkylation sites (tertiary alicyclic amines) is 1. The number of H-pyrrole nitrogens is 1. The van der Waals surface area contributed by atoms with E-state index >= 15 is 0 Å². The molecule has 0 saturated carbocycles. The number of esters is 1. The number of carbonyl (C=O) groups is 2. The highest BCUT2D eigenvalue weighted by molar-refractivity contribution is 5.80. The Bertz CT molecular complexity index is 1140. The van der Waals surface area contributed by atoms with Gasteiger partial charge >= 0.3 is 11.7 Å². The molecular formula is C28H43N5O5. The summed E-state index contributed by atoms with van der Waals surface area (Å²) >= 11 is 0. The van der Waals surface area contributed by atoms with Crippen LogP contribution in [0.2, 0.25) is 0 Å². The van der Waals surface area contributed by atoms with Crippen LogP contribution in [0.1, 0.15) is 37.3 Å². The highest BCUT2D eigenvalue weighted by Gasteiger charge is 2.31. The van der Waals surface area contributed by atoms with Gasteiger partial charge in [0.25, 0.3) is 0 Å². The predicted octanol–water partition coefficient (Wildman–Crippen LogP) is 1.71. The first kappa shape index (κ1) is 28.3. The first-order valence-electron chi connectivity index (χ1n) is 13.9. The molecular weight excluding hydrogens is 486 g/mol. The van der Waals surface area contributed by atoms with Gasteiger partial charge in [0.1, 0.15) is 0 Å². The predicted molar refractivity (Wildman–Crippen MR) is 146 cm³/mol. The number of carbonyl (C=O) groups excluding carboxylic acids is 2. The first-order chi connectivity index (χ1) is 18.2. The van der Waals surface area contributed by atoms with Gasteiger partial charge in [-0.15, -0.1) is 0 Å². The molecule has 0 aliphatic carbocycles. The summed E-state index contributed by atoms with van der Waals surface area (Å²) in [6.45, 7) is 10.7. The lowest BCUT2D eigenvalue weighted by molar-refractivity contribution is -0.145. The molecule has 0 spiro atoms. The average molecular weight is 530 g/mol. The summed E-state index contributed by atoms with van der Waals surface area (Å²) in [5.41, 5.74) is 3.21. The molecule has 1 aromatic heterocycles. The minimum atomic E-state index is -0.457. The van der Waals surface area contributed by atoms with E-state index < -0.39 is 5.76 Å². The Morgan fingerprint density at radius 2 is 1.84 bits per heavy atom. The monoisotopic (exact) mass is 529 g/mol. The number of ether oxygens (including phenoxy) is 1. The van der Waals surface area contributed by atoms with Gasteiger partial charge in [-0.25, -0.2) is 4.79 Å². The summed E-state index contributed by atoms with van der Waals surface area (Å²) < 4.78 is 10.6. The zero-order chi connectivity index (χ0) is 27.2. The summed E-state index contributed by atoms with van der Waals surface area (Å²) in [5.74, 6) is -0.551. The van der Waals surface area contributed by atoms with Crippen LogP contribution in [0.25, 0.3) is 11.1 Å². The topological polar surface area (TPSA) is 102 Å². The van der Waals surface area contributed by atoms with Crippen molar-refractivity contribution in [3.8, 4) is 0 Å². The van der Waals surface area contributed by atoms with Crippen molar-refractivity contribution in [2.45, 2.75) is 45.6 Å². The van der Waals surface area contributed by atoms with Gasteiger partial charge in [0.2, 0.25) is 5.91 Å². The fourth-order valence-corrected chi connectivity index (χ4v) is 5.71. The van der Waals surface area contributed by atoms with Crippen molar-refractivity contribution in [2.24, 2.45) is 5.92 Å². The molecule has 1 aromatic carbocycles. The number of oxazole rings is 1. The van der Waals surface area contributed by atoms with E-state index in [1.807, 2.05) is 45.0 Å². The second-order valence-electron chi connectivity index (χ2n) is 11.2. The van der Waals surface area contributed by atoms with Crippen molar-refractivity contribution in [2.75, 3.05) is 73.1 Å². The summed E-state index contributed by atoms with van der Waals surface area (Å²) in [4.78, 5) is 48.4. The maximum absolute atomic E-state index is 13.2. The lowest BCUT2D eigenvalue weighted by Gasteiger charge is -2.43. The van der Waals surface area contributed by atoms with Crippen LogP contribution in [0.4, 0.5) is 0 Å². The third-order valence-corrected chi connectivity index (χ3v) is 7.82. The number of nitrogens with one attached hydrogen (secondary N) is 1. The molecule has 1 atom stereocenters. The number of piperidine rings is 1. The molecule has 0 unspecified atom stereocenters. The van der Waals surface area contributed by atoms with Crippen LogP contribution in [0.15, 0.2) is 21.3 Å². The number of rotatable bonds is 10. The van der Waals surface area contributed by atoms with E-state index in [-0.39, 0.29) is 17.8 Å². The Morgan fingerprint density at radius 3 is 2.53 bits per heavy atom. The minimum Gasteiger partial charge on any atom is -0.465 e. The Labute approximate surface area is 224 Å². The van der Waals surface area contributed by atoms with Crippen LogP contribution >= 0.6 is 0 Å². The number of piperazine rings is 1. The lowest BCUT2D eigenvalue weighted by atomic mass is 9.97. The van der Waals surface area contributed by atoms with E-state index in [9.17, 15) is 14.4 Å². The molecule has 2 aliphatic rings. The van der Waals surface area contributed by atoms with Crippen molar-refractivity contribution in [1.29, 1.82) is 0 Å². The zero-order valence-corrected chi connectivity index (χ0v) is 23.3. The summed E-state index contributed by atoms with van der Waals surface area (Å²) in [5, 5.41) is 0. The number of aromatic nitrogens is 1. The van der Waals surface area contributed by atoms with Gasteiger partial charge in [-0.05, 0) is 63.9 Å². The van der Waals surface area contributed by atoms with E-state index in [1.54, 1.807) is 0 Å². The Morgan fingerprint density at radius 1 is 1.13 bits per heavy atom. The Balaban J connectivity index is 1.17. The van der Waals surface area contributed by atoms with E-state index in [0.29, 0.717) is 31.2 Å². The molecule has 38 heavy (non-hydrogen) atoms. The van der Waals surface area contributed by atoms with Crippen LogP contribution in [-0.4, -0.2) is 116 Å². The van der Waals surface area contributed by atoms with Crippen LogP contribution in [0.3, 0.4) is 0 Å². The molecule has 2 saturated heterocycles. The minimum absolute atomic E-state index is 0.129.